The first-order chi connectivity index (χ1) is 28.6. The van der Waals surface area contributed by atoms with Crippen LogP contribution in [0.5, 0.6) is 0 Å². The van der Waals surface area contributed by atoms with Crippen molar-refractivity contribution >= 4 is 12.3 Å². The van der Waals surface area contributed by atoms with E-state index in [2.05, 4.69) is 154 Å². The third-order valence-corrected chi connectivity index (χ3v) is 15.1. The van der Waals surface area contributed by atoms with E-state index < -0.39 is 12.3 Å². The number of methoxy groups -OCH3 is 2. The average molecular weight is 821 g/mol. The van der Waals surface area contributed by atoms with Gasteiger partial charge in [-0.1, -0.05) is 60.7 Å². The summed E-state index contributed by atoms with van der Waals surface area (Å²) >= 11 is 0. The zero-order chi connectivity index (χ0) is 42.7. The first-order valence-corrected chi connectivity index (χ1v) is 22.4. The Labute approximate surface area is 357 Å². The zero-order valence-corrected chi connectivity index (χ0v) is 36.8. The van der Waals surface area contributed by atoms with E-state index in [-0.39, 0.29) is 11.1 Å². The molecule has 8 fully saturated rings. The fraction of sp³-hybridized carbons (Fsp3) is 0.600. The molecule has 0 aliphatic heterocycles. The molecule has 2 aromatic carbocycles. The number of ether oxygens (including phenoxy) is 2. The lowest BCUT2D eigenvalue weighted by Crippen LogP contribution is -2.64. The first kappa shape index (κ1) is 43.5. The van der Waals surface area contributed by atoms with Gasteiger partial charge in [0, 0.05) is 27.1 Å². The van der Waals surface area contributed by atoms with Gasteiger partial charge in [0.15, 0.2) is 0 Å². The van der Waals surface area contributed by atoms with Crippen molar-refractivity contribution in [3.05, 3.63) is 109 Å². The lowest BCUT2D eigenvalue weighted by atomic mass is 9.53. The number of aromatic nitrogens is 4. The second-order valence-corrected chi connectivity index (χ2v) is 20.6. The van der Waals surface area contributed by atoms with Gasteiger partial charge in [-0.15, -0.1) is 0 Å². The summed E-state index contributed by atoms with van der Waals surface area (Å²) < 4.78 is 17.3. The van der Waals surface area contributed by atoms with Crippen LogP contribution in [0, 0.1) is 35.5 Å². The Bertz CT molecular complexity index is 1820. The smallest absolute Gasteiger partial charge is 0.251 e. The molecule has 324 valence electrons. The highest BCUT2D eigenvalue weighted by atomic mass is 16.7. The topological polar surface area (TPSA) is 116 Å². The number of hydrogen-bond acceptors (Lipinski definition) is 6. The minimum absolute atomic E-state index is 0.0371. The van der Waals surface area contributed by atoms with Gasteiger partial charge in [0.25, 0.3) is 12.3 Å². The van der Waals surface area contributed by atoms with Crippen LogP contribution in [0.3, 0.4) is 0 Å². The van der Waals surface area contributed by atoms with Crippen LogP contribution in [0.15, 0.2) is 98.1 Å². The number of rotatable bonds is 8. The Morgan fingerprint density at radius 2 is 1.05 bits per heavy atom. The van der Waals surface area contributed by atoms with Gasteiger partial charge in [-0.25, -0.2) is 18.3 Å². The van der Waals surface area contributed by atoms with E-state index in [1.54, 1.807) is 38.5 Å². The normalized spacial score (nSPS) is 29.2. The molecule has 0 amide bonds. The summed E-state index contributed by atoms with van der Waals surface area (Å²) in [5.41, 5.74) is 3.82. The van der Waals surface area contributed by atoms with Gasteiger partial charge in [-0.05, 0) is 151 Å². The maximum Gasteiger partial charge on any atom is 0.251 e. The molecule has 8 aliphatic carbocycles. The van der Waals surface area contributed by atoms with Crippen molar-refractivity contribution < 1.29 is 38.4 Å². The Kier molecular flexibility index (Phi) is 12.9. The SMILES string of the molecule is CC(C)(Cc1ccccc1)n1cc[n+](C(C)(C)Cc2ccccc2)c1.COC(=O)[O-].COC(=O)[O-].c1c[n+](C23CC4CC(CC(C4)C2)C3)cn1C12CC3CC(CC(C3)C1)C2. The maximum atomic E-state index is 9.03. The van der Waals surface area contributed by atoms with E-state index >= 15 is 0 Å². The van der Waals surface area contributed by atoms with Gasteiger partial charge in [0.1, 0.15) is 46.9 Å². The number of hydrogen-bond donors (Lipinski definition) is 0. The molecule has 0 N–H and O–H groups in total. The summed E-state index contributed by atoms with van der Waals surface area (Å²) in [5, 5.41) is 18.1. The summed E-state index contributed by atoms with van der Waals surface area (Å²) in [6.07, 6.45) is 31.5. The standard InChI is InChI=1S/C23H33N2.C23H29N2.2C2H4O3/c1-2-25(23-12-19-6-20(13-23)8-21(7-19)14-23)15-24(1)22-9-16-3-17(10-22)5-18(4-16)11-22;1-22(2,17-20-11-7-5-8-12-20)24-15-16-25(19-24)23(3,4)18-21-13-9-6-10-14-21;2*1-5-2(3)4/h1-2,15-21H,3-14H2;5-16,19H,17-18H2,1-4H3;2*1H3,(H,3,4)/q2*+1;;/p-2. The Morgan fingerprint density at radius 3 is 1.48 bits per heavy atom. The average Bonchev–Trinajstić information content (AvgIpc) is 3.92. The molecule has 0 radical (unpaired) electrons. The predicted octanol–water partition coefficient (Wildman–Crippen LogP) is 7.31. The maximum absolute atomic E-state index is 9.03. The summed E-state index contributed by atoms with van der Waals surface area (Å²) in [6.45, 7) is 9.20. The van der Waals surface area contributed by atoms with Crippen LogP contribution in [-0.4, -0.2) is 35.7 Å². The van der Waals surface area contributed by atoms with E-state index in [9.17, 15) is 0 Å². The molecule has 0 spiro atoms. The van der Waals surface area contributed by atoms with Crippen LogP contribution in [0.1, 0.15) is 116 Å². The van der Waals surface area contributed by atoms with Crippen molar-refractivity contribution in [2.24, 2.45) is 35.5 Å². The number of nitrogens with zero attached hydrogens (tertiary/aromatic N) is 4. The van der Waals surface area contributed by atoms with Gasteiger partial charge in [-0.2, -0.15) is 0 Å². The van der Waals surface area contributed by atoms with Gasteiger partial charge < -0.3 is 29.3 Å². The summed E-state index contributed by atoms with van der Waals surface area (Å²) in [6, 6.07) is 21.4. The zero-order valence-electron chi connectivity index (χ0n) is 36.8. The molecular formula is C50H68N4O6. The van der Waals surface area contributed by atoms with Crippen molar-refractivity contribution in [1.29, 1.82) is 0 Å². The van der Waals surface area contributed by atoms with E-state index in [4.69, 9.17) is 19.8 Å². The van der Waals surface area contributed by atoms with Gasteiger partial charge in [0.05, 0.1) is 0 Å². The molecule has 4 aromatic rings. The number of imidazole rings is 2. The Hall–Kier alpha value is -4.60. The summed E-state index contributed by atoms with van der Waals surface area (Å²) in [7, 11) is 2.07. The number of carboxylic acid groups (broad SMARTS) is 2. The lowest BCUT2D eigenvalue weighted by molar-refractivity contribution is -0.776. The second-order valence-electron chi connectivity index (χ2n) is 20.6. The van der Waals surface area contributed by atoms with E-state index in [1.807, 2.05) is 0 Å². The van der Waals surface area contributed by atoms with E-state index in [0.717, 1.165) is 62.6 Å². The highest BCUT2D eigenvalue weighted by Crippen LogP contribution is 2.59. The second kappa shape index (κ2) is 17.8. The van der Waals surface area contributed by atoms with Crippen molar-refractivity contribution in [3.8, 4) is 0 Å². The molecule has 60 heavy (non-hydrogen) atoms. The fourth-order valence-electron chi connectivity index (χ4n) is 13.1. The van der Waals surface area contributed by atoms with Crippen molar-refractivity contribution in [1.82, 2.24) is 9.13 Å². The molecular weight excluding hydrogens is 753 g/mol. The Balaban J connectivity index is 0.000000149. The predicted molar refractivity (Wildman–Crippen MR) is 225 cm³/mol. The summed E-state index contributed by atoms with van der Waals surface area (Å²) in [5.74, 6) is 6.26. The molecule has 8 aliphatic rings. The van der Waals surface area contributed by atoms with Crippen molar-refractivity contribution in [2.75, 3.05) is 14.2 Å². The molecule has 8 saturated carbocycles. The van der Waals surface area contributed by atoms with Crippen LogP contribution < -0.4 is 19.3 Å². The molecule has 0 atom stereocenters. The summed E-state index contributed by atoms with van der Waals surface area (Å²) in [4.78, 5) is 18.1. The molecule has 2 aromatic heterocycles. The molecule has 2 heterocycles. The van der Waals surface area contributed by atoms with Crippen molar-refractivity contribution in [3.63, 3.8) is 0 Å². The monoisotopic (exact) mass is 821 g/mol. The molecule has 8 bridgehead atoms. The van der Waals surface area contributed by atoms with Crippen LogP contribution in [-0.2, 0) is 44.5 Å². The fourth-order valence-corrected chi connectivity index (χ4v) is 13.1. The van der Waals surface area contributed by atoms with Crippen LogP contribution in [0.2, 0.25) is 0 Å². The number of carbonyl (C=O) groups is 2. The largest absolute Gasteiger partial charge is 0.553 e. The van der Waals surface area contributed by atoms with Crippen LogP contribution in [0.4, 0.5) is 9.59 Å². The molecule has 10 nitrogen and oxygen atoms in total. The van der Waals surface area contributed by atoms with Gasteiger partial charge >= 0.3 is 0 Å². The lowest BCUT2D eigenvalue weighted by Gasteiger charge is -2.55. The number of carbonyl (C=O) groups excluding carboxylic acids is 2. The first-order valence-electron chi connectivity index (χ1n) is 22.4. The highest BCUT2D eigenvalue weighted by molar-refractivity contribution is 5.53. The quantitative estimate of drug-likeness (QED) is 0.136. The van der Waals surface area contributed by atoms with E-state index in [0.29, 0.717) is 11.1 Å². The third-order valence-electron chi connectivity index (χ3n) is 15.1. The molecule has 0 unspecified atom stereocenters. The van der Waals surface area contributed by atoms with E-state index in [1.165, 1.54) is 49.7 Å². The number of benzene rings is 2. The Morgan fingerprint density at radius 1 is 0.633 bits per heavy atom. The molecule has 0 saturated heterocycles. The van der Waals surface area contributed by atoms with Crippen LogP contribution in [0.25, 0.3) is 0 Å². The minimum Gasteiger partial charge on any atom is -0.553 e. The van der Waals surface area contributed by atoms with Crippen molar-refractivity contribution in [2.45, 2.75) is 140 Å². The molecule has 12 rings (SSSR count). The third kappa shape index (κ3) is 9.95. The van der Waals surface area contributed by atoms with Crippen LogP contribution >= 0.6 is 0 Å². The van der Waals surface area contributed by atoms with Gasteiger partial charge in [-0.3, -0.25) is 0 Å². The minimum atomic E-state index is -1.50. The molecule has 10 heteroatoms. The highest BCUT2D eigenvalue weighted by Gasteiger charge is 2.57. The van der Waals surface area contributed by atoms with Gasteiger partial charge in [0.2, 0.25) is 12.7 Å².